The van der Waals surface area contributed by atoms with E-state index >= 15 is 0 Å². The number of hydrogen-bond acceptors (Lipinski definition) is 7. The predicted molar refractivity (Wildman–Crippen MR) is 54.4 cm³/mol. The van der Waals surface area contributed by atoms with Crippen LogP contribution in [0.4, 0.5) is 5.69 Å². The number of nitro benzene ring substituents is 1. The number of benzene rings is 1. The summed E-state index contributed by atoms with van der Waals surface area (Å²) in [4.78, 5) is 42.3. The molecule has 0 bridgehead atoms. The molecule has 0 saturated carbocycles. The molecule has 19 heavy (non-hydrogen) atoms. The Bertz CT molecular complexity index is 541. The number of rotatable bonds is 5. The second-order valence-electron chi connectivity index (χ2n) is 3.32. The summed E-state index contributed by atoms with van der Waals surface area (Å²) >= 11 is 0. The highest BCUT2D eigenvalue weighted by atomic mass is 16.6. The molecule has 0 radical (unpaired) electrons. The molecular formula is C10H6N2O7-2. The van der Waals surface area contributed by atoms with E-state index in [4.69, 9.17) is 0 Å². The van der Waals surface area contributed by atoms with E-state index in [-0.39, 0.29) is 0 Å². The molecule has 1 rings (SSSR count). The smallest absolute Gasteiger partial charge is 0.282 e. The average molecular weight is 266 g/mol. The van der Waals surface area contributed by atoms with Gasteiger partial charge >= 0.3 is 0 Å². The number of carbonyl (C=O) groups excluding carboxylic acids is 3. The van der Waals surface area contributed by atoms with Gasteiger partial charge in [-0.25, -0.2) is 0 Å². The average Bonchev–Trinajstić information content (AvgIpc) is 2.34. The number of carboxylic acids is 2. The van der Waals surface area contributed by atoms with Crippen LogP contribution in [0, 0.1) is 10.1 Å². The second kappa shape index (κ2) is 5.58. The third-order valence-electron chi connectivity index (χ3n) is 2.09. The van der Waals surface area contributed by atoms with Gasteiger partial charge in [0.25, 0.3) is 11.6 Å². The van der Waals surface area contributed by atoms with E-state index in [1.54, 1.807) is 5.32 Å². The first kappa shape index (κ1) is 14.1. The first-order valence-corrected chi connectivity index (χ1v) is 4.80. The maximum absolute atomic E-state index is 11.6. The van der Waals surface area contributed by atoms with E-state index in [0.29, 0.717) is 0 Å². The fraction of sp³-hybridized carbons (Fsp3) is 0.100. The molecule has 0 heterocycles. The molecule has 1 N–H and O–H groups in total. The van der Waals surface area contributed by atoms with Crippen molar-refractivity contribution in [2.75, 3.05) is 0 Å². The summed E-state index contributed by atoms with van der Waals surface area (Å²) < 4.78 is 0. The lowest BCUT2D eigenvalue weighted by atomic mass is 10.1. The van der Waals surface area contributed by atoms with Crippen molar-refractivity contribution in [1.29, 1.82) is 0 Å². The maximum Gasteiger partial charge on any atom is 0.282 e. The topological polar surface area (TPSA) is 153 Å². The third kappa shape index (κ3) is 3.25. The Labute approximate surface area is 105 Å². The highest BCUT2D eigenvalue weighted by molar-refractivity contribution is 6.05. The summed E-state index contributed by atoms with van der Waals surface area (Å²) in [6, 6.07) is 2.27. The SMILES string of the molecule is O=C(NC(C(=O)[O-])C(=O)[O-])c1ccccc1[N+](=O)[O-]. The van der Waals surface area contributed by atoms with Gasteiger partial charge < -0.3 is 25.1 Å². The quantitative estimate of drug-likeness (QED) is 0.343. The molecule has 0 aliphatic heterocycles. The van der Waals surface area contributed by atoms with Gasteiger partial charge in [-0.1, -0.05) is 12.1 Å². The molecule has 0 spiro atoms. The van der Waals surface area contributed by atoms with Crippen molar-refractivity contribution in [3.05, 3.63) is 39.9 Å². The van der Waals surface area contributed by atoms with Gasteiger partial charge in [0, 0.05) is 6.07 Å². The molecule has 0 unspecified atom stereocenters. The molecule has 0 aromatic heterocycles. The van der Waals surface area contributed by atoms with E-state index in [9.17, 15) is 34.7 Å². The van der Waals surface area contributed by atoms with Crippen molar-refractivity contribution in [2.45, 2.75) is 6.04 Å². The van der Waals surface area contributed by atoms with Gasteiger partial charge in [0.1, 0.15) is 11.6 Å². The van der Waals surface area contributed by atoms with E-state index in [1.807, 2.05) is 0 Å². The summed E-state index contributed by atoms with van der Waals surface area (Å²) in [5.41, 5.74) is -1.06. The van der Waals surface area contributed by atoms with E-state index < -0.39 is 40.1 Å². The van der Waals surface area contributed by atoms with E-state index in [1.165, 1.54) is 12.1 Å². The minimum Gasteiger partial charge on any atom is -0.547 e. The van der Waals surface area contributed by atoms with Crippen LogP contribution in [0.3, 0.4) is 0 Å². The Hall–Kier alpha value is -2.97. The molecule has 100 valence electrons. The minimum absolute atomic E-state index is 0.472. The fourth-order valence-electron chi connectivity index (χ4n) is 1.25. The first-order valence-electron chi connectivity index (χ1n) is 4.80. The zero-order chi connectivity index (χ0) is 14.6. The first-order chi connectivity index (χ1) is 8.84. The van der Waals surface area contributed by atoms with Crippen molar-refractivity contribution in [1.82, 2.24) is 5.32 Å². The van der Waals surface area contributed by atoms with Crippen molar-refractivity contribution < 1.29 is 29.5 Å². The van der Waals surface area contributed by atoms with Gasteiger partial charge in [0.05, 0.1) is 16.9 Å². The number of hydrogen-bond donors (Lipinski definition) is 1. The second-order valence-corrected chi connectivity index (χ2v) is 3.32. The van der Waals surface area contributed by atoms with Crippen molar-refractivity contribution in [3.63, 3.8) is 0 Å². The summed E-state index contributed by atoms with van der Waals surface area (Å²) in [5.74, 6) is -5.41. The van der Waals surface area contributed by atoms with Gasteiger partial charge in [-0.2, -0.15) is 0 Å². The van der Waals surface area contributed by atoms with Crippen molar-refractivity contribution in [2.24, 2.45) is 0 Å². The monoisotopic (exact) mass is 266 g/mol. The van der Waals surface area contributed by atoms with Gasteiger partial charge in [-0.3, -0.25) is 14.9 Å². The predicted octanol–water partition coefficient (Wildman–Crippen LogP) is -2.81. The minimum atomic E-state index is -2.40. The largest absolute Gasteiger partial charge is 0.547 e. The molecule has 9 heteroatoms. The van der Waals surface area contributed by atoms with E-state index in [2.05, 4.69) is 0 Å². The molecule has 0 aliphatic rings. The van der Waals surface area contributed by atoms with Crippen LogP contribution in [0.25, 0.3) is 0 Å². The lowest BCUT2D eigenvalue weighted by Crippen LogP contribution is -2.57. The Morgan fingerprint density at radius 3 is 2.11 bits per heavy atom. The molecule has 9 nitrogen and oxygen atoms in total. The van der Waals surface area contributed by atoms with Gasteiger partial charge in [-0.05, 0) is 6.07 Å². The molecule has 1 aromatic carbocycles. The molecule has 0 saturated heterocycles. The lowest BCUT2D eigenvalue weighted by molar-refractivity contribution is -0.385. The van der Waals surface area contributed by atoms with Gasteiger partial charge in [0.2, 0.25) is 0 Å². The van der Waals surface area contributed by atoms with Crippen LogP contribution < -0.4 is 15.5 Å². The number of para-hydroxylation sites is 1. The summed E-state index contributed by atoms with van der Waals surface area (Å²) in [6.07, 6.45) is 0. The molecule has 1 aromatic rings. The lowest BCUT2D eigenvalue weighted by Gasteiger charge is -2.20. The van der Waals surface area contributed by atoms with Gasteiger partial charge in [-0.15, -0.1) is 0 Å². The molecule has 0 atom stereocenters. The summed E-state index contributed by atoms with van der Waals surface area (Å²) in [6.45, 7) is 0. The Morgan fingerprint density at radius 1 is 1.11 bits per heavy atom. The van der Waals surface area contributed by atoms with Crippen LogP contribution in [0.2, 0.25) is 0 Å². The number of nitrogens with one attached hydrogen (secondary N) is 1. The third-order valence-corrected chi connectivity index (χ3v) is 2.09. The Morgan fingerprint density at radius 2 is 1.63 bits per heavy atom. The van der Waals surface area contributed by atoms with Crippen LogP contribution in [0.1, 0.15) is 10.4 Å². The van der Waals surface area contributed by atoms with Crippen molar-refractivity contribution in [3.8, 4) is 0 Å². The van der Waals surface area contributed by atoms with Crippen LogP contribution >= 0.6 is 0 Å². The van der Waals surface area contributed by atoms with Crippen molar-refractivity contribution >= 4 is 23.5 Å². The number of nitro groups is 1. The molecule has 1 amide bonds. The zero-order valence-electron chi connectivity index (χ0n) is 9.19. The highest BCUT2D eigenvalue weighted by Crippen LogP contribution is 2.17. The van der Waals surface area contributed by atoms with Crippen LogP contribution in [0.15, 0.2) is 24.3 Å². The van der Waals surface area contributed by atoms with E-state index in [0.717, 1.165) is 12.1 Å². The number of aliphatic carboxylic acids is 2. The zero-order valence-corrected chi connectivity index (χ0v) is 9.19. The molecular weight excluding hydrogens is 260 g/mol. The van der Waals surface area contributed by atoms with Crippen LogP contribution in [0.5, 0.6) is 0 Å². The summed E-state index contributed by atoms with van der Waals surface area (Å²) in [7, 11) is 0. The number of nitrogens with zero attached hydrogens (tertiary/aromatic N) is 1. The maximum atomic E-state index is 11.6. The van der Waals surface area contributed by atoms with Crippen LogP contribution in [-0.4, -0.2) is 28.8 Å². The number of carbonyl (C=O) groups is 3. The Kier molecular flexibility index (Phi) is 4.14. The normalized spacial score (nSPS) is 9.95. The molecule has 0 fully saturated rings. The highest BCUT2D eigenvalue weighted by Gasteiger charge is 2.22. The Balaban J connectivity index is 3.05. The summed E-state index contributed by atoms with van der Waals surface area (Å²) in [5, 5.41) is 33.1. The van der Waals surface area contributed by atoms with Gasteiger partial charge in [0.15, 0.2) is 0 Å². The van der Waals surface area contributed by atoms with Crippen LogP contribution in [-0.2, 0) is 9.59 Å². The fourth-order valence-corrected chi connectivity index (χ4v) is 1.25. The standard InChI is InChI=1S/C10H8N2O7/c13-8(11-7(9(14)15)10(16)17)5-3-1-2-4-6(5)12(18)19/h1-4,7H,(H,11,13)(H,14,15)(H,16,17)/p-2. The number of amides is 1. The molecule has 0 aliphatic carbocycles. The number of carboxylic acid groups (broad SMARTS) is 2.